The highest BCUT2D eigenvalue weighted by atomic mass is 32.1. The van der Waals surface area contributed by atoms with Crippen LogP contribution in [0.3, 0.4) is 0 Å². The SMILES string of the molecule is CCC(CC)(CNC)Cc1nc(C)c(C)s1. The Labute approximate surface area is 103 Å². The lowest BCUT2D eigenvalue weighted by Crippen LogP contribution is -2.33. The molecule has 0 spiro atoms. The Morgan fingerprint density at radius 3 is 2.25 bits per heavy atom. The van der Waals surface area contributed by atoms with Gasteiger partial charge in [-0.3, -0.25) is 0 Å². The van der Waals surface area contributed by atoms with Gasteiger partial charge in [0.05, 0.1) is 10.7 Å². The van der Waals surface area contributed by atoms with Gasteiger partial charge in [-0.25, -0.2) is 4.98 Å². The molecule has 0 fully saturated rings. The van der Waals surface area contributed by atoms with E-state index in [1.54, 1.807) is 0 Å². The van der Waals surface area contributed by atoms with E-state index in [2.05, 4.69) is 38.0 Å². The van der Waals surface area contributed by atoms with Crippen LogP contribution in [0.25, 0.3) is 0 Å². The molecule has 0 amide bonds. The van der Waals surface area contributed by atoms with Crippen LogP contribution in [0.5, 0.6) is 0 Å². The summed E-state index contributed by atoms with van der Waals surface area (Å²) in [6.07, 6.45) is 3.53. The van der Waals surface area contributed by atoms with E-state index in [1.807, 2.05) is 18.4 Å². The number of aryl methyl sites for hydroxylation is 2. The van der Waals surface area contributed by atoms with Crippen molar-refractivity contribution >= 4 is 11.3 Å². The van der Waals surface area contributed by atoms with Crippen molar-refractivity contribution in [3.8, 4) is 0 Å². The summed E-state index contributed by atoms with van der Waals surface area (Å²) in [5.74, 6) is 0. The fourth-order valence-electron chi connectivity index (χ4n) is 2.12. The summed E-state index contributed by atoms with van der Waals surface area (Å²) >= 11 is 1.86. The van der Waals surface area contributed by atoms with Gasteiger partial charge in [0.1, 0.15) is 0 Å². The third kappa shape index (κ3) is 3.05. The van der Waals surface area contributed by atoms with Crippen LogP contribution in [-0.2, 0) is 6.42 Å². The van der Waals surface area contributed by atoms with Crippen LogP contribution in [0.2, 0.25) is 0 Å². The van der Waals surface area contributed by atoms with Gasteiger partial charge in [-0.15, -0.1) is 11.3 Å². The molecule has 1 aromatic heterocycles. The Morgan fingerprint density at radius 2 is 1.88 bits per heavy atom. The van der Waals surface area contributed by atoms with Crippen LogP contribution in [0, 0.1) is 19.3 Å². The molecule has 0 unspecified atom stereocenters. The highest BCUT2D eigenvalue weighted by Gasteiger charge is 2.27. The molecule has 0 aliphatic carbocycles. The molecule has 92 valence electrons. The zero-order valence-corrected chi connectivity index (χ0v) is 12.0. The van der Waals surface area contributed by atoms with Crippen LogP contribution >= 0.6 is 11.3 Å². The number of aromatic nitrogens is 1. The Bertz CT molecular complexity index is 307. The Hall–Kier alpha value is -0.410. The molecular formula is C13H24N2S. The molecule has 0 aromatic carbocycles. The van der Waals surface area contributed by atoms with E-state index in [0.29, 0.717) is 5.41 Å². The monoisotopic (exact) mass is 240 g/mol. The summed E-state index contributed by atoms with van der Waals surface area (Å²) in [6.45, 7) is 9.92. The molecule has 1 rings (SSSR count). The topological polar surface area (TPSA) is 24.9 Å². The van der Waals surface area contributed by atoms with Crippen molar-refractivity contribution in [2.24, 2.45) is 5.41 Å². The number of thiazole rings is 1. The predicted octanol–water partition coefficient (Wildman–Crippen LogP) is 3.33. The van der Waals surface area contributed by atoms with E-state index in [-0.39, 0.29) is 0 Å². The van der Waals surface area contributed by atoms with E-state index >= 15 is 0 Å². The van der Waals surface area contributed by atoms with Gasteiger partial charge in [0.25, 0.3) is 0 Å². The van der Waals surface area contributed by atoms with Gasteiger partial charge in [-0.05, 0) is 39.2 Å². The maximum absolute atomic E-state index is 4.66. The fraction of sp³-hybridized carbons (Fsp3) is 0.769. The molecule has 0 bridgehead atoms. The summed E-state index contributed by atoms with van der Waals surface area (Å²) in [7, 11) is 2.04. The van der Waals surface area contributed by atoms with Crippen molar-refractivity contribution in [2.75, 3.05) is 13.6 Å². The normalized spacial score (nSPS) is 12.1. The Kier molecular flexibility index (Phi) is 4.93. The minimum atomic E-state index is 0.380. The maximum Gasteiger partial charge on any atom is 0.0936 e. The third-order valence-corrected chi connectivity index (χ3v) is 4.72. The summed E-state index contributed by atoms with van der Waals surface area (Å²) in [5.41, 5.74) is 1.58. The summed E-state index contributed by atoms with van der Waals surface area (Å²) in [6, 6.07) is 0. The summed E-state index contributed by atoms with van der Waals surface area (Å²) in [5, 5.41) is 4.63. The first-order chi connectivity index (χ1) is 7.56. The average Bonchev–Trinajstić information content (AvgIpc) is 2.57. The number of nitrogens with zero attached hydrogens (tertiary/aromatic N) is 1. The van der Waals surface area contributed by atoms with Crippen LogP contribution in [-0.4, -0.2) is 18.6 Å². The van der Waals surface area contributed by atoms with E-state index in [9.17, 15) is 0 Å². The Morgan fingerprint density at radius 1 is 1.25 bits per heavy atom. The molecule has 0 radical (unpaired) electrons. The Balaban J connectivity index is 2.82. The lowest BCUT2D eigenvalue weighted by Gasteiger charge is -2.30. The molecule has 3 heteroatoms. The van der Waals surface area contributed by atoms with Crippen molar-refractivity contribution in [3.63, 3.8) is 0 Å². The van der Waals surface area contributed by atoms with Gasteiger partial charge in [0.15, 0.2) is 0 Å². The highest BCUT2D eigenvalue weighted by molar-refractivity contribution is 7.11. The standard InChI is InChI=1S/C13H24N2S/c1-6-13(7-2,9-14-5)8-12-15-10(3)11(4)16-12/h14H,6-9H2,1-5H3. The molecule has 0 saturated carbocycles. The first-order valence-electron chi connectivity index (χ1n) is 6.14. The molecule has 0 atom stereocenters. The van der Waals surface area contributed by atoms with Crippen molar-refractivity contribution in [1.29, 1.82) is 0 Å². The zero-order chi connectivity index (χ0) is 12.2. The molecule has 2 nitrogen and oxygen atoms in total. The second kappa shape index (κ2) is 5.78. The van der Waals surface area contributed by atoms with Crippen molar-refractivity contribution in [3.05, 3.63) is 15.6 Å². The van der Waals surface area contributed by atoms with E-state index < -0.39 is 0 Å². The molecule has 1 N–H and O–H groups in total. The van der Waals surface area contributed by atoms with Crippen LogP contribution < -0.4 is 5.32 Å². The van der Waals surface area contributed by atoms with Crippen LogP contribution in [0.15, 0.2) is 0 Å². The van der Waals surface area contributed by atoms with Crippen LogP contribution in [0.1, 0.15) is 42.3 Å². The number of rotatable bonds is 6. The van der Waals surface area contributed by atoms with Gasteiger partial charge in [-0.1, -0.05) is 13.8 Å². The zero-order valence-electron chi connectivity index (χ0n) is 11.2. The smallest absolute Gasteiger partial charge is 0.0936 e. The van der Waals surface area contributed by atoms with Crippen molar-refractivity contribution in [1.82, 2.24) is 10.3 Å². The highest BCUT2D eigenvalue weighted by Crippen LogP contribution is 2.32. The molecule has 0 aliphatic rings. The number of hydrogen-bond donors (Lipinski definition) is 1. The largest absolute Gasteiger partial charge is 0.319 e. The van der Waals surface area contributed by atoms with Gasteiger partial charge < -0.3 is 5.32 Å². The summed E-state index contributed by atoms with van der Waals surface area (Å²) in [4.78, 5) is 6.03. The molecule has 0 aliphatic heterocycles. The van der Waals surface area contributed by atoms with Gasteiger partial charge >= 0.3 is 0 Å². The second-order valence-corrected chi connectivity index (χ2v) is 5.95. The quantitative estimate of drug-likeness (QED) is 0.825. The molecule has 1 heterocycles. The number of hydrogen-bond acceptors (Lipinski definition) is 3. The molecule has 0 saturated heterocycles. The maximum atomic E-state index is 4.66. The lowest BCUT2D eigenvalue weighted by molar-refractivity contribution is 0.253. The second-order valence-electron chi connectivity index (χ2n) is 4.66. The minimum Gasteiger partial charge on any atom is -0.319 e. The van der Waals surface area contributed by atoms with E-state index in [0.717, 1.165) is 13.0 Å². The van der Waals surface area contributed by atoms with Gasteiger partial charge in [0.2, 0.25) is 0 Å². The minimum absolute atomic E-state index is 0.380. The van der Waals surface area contributed by atoms with Crippen LogP contribution in [0.4, 0.5) is 0 Å². The van der Waals surface area contributed by atoms with E-state index in [4.69, 9.17) is 0 Å². The fourth-order valence-corrected chi connectivity index (χ4v) is 3.23. The average molecular weight is 240 g/mol. The van der Waals surface area contributed by atoms with Crippen molar-refractivity contribution in [2.45, 2.75) is 47.0 Å². The molecule has 16 heavy (non-hydrogen) atoms. The first kappa shape index (κ1) is 13.7. The third-order valence-electron chi connectivity index (χ3n) is 3.65. The van der Waals surface area contributed by atoms with Gasteiger partial charge in [0, 0.05) is 17.8 Å². The van der Waals surface area contributed by atoms with E-state index in [1.165, 1.54) is 28.4 Å². The molecular weight excluding hydrogens is 216 g/mol. The predicted molar refractivity (Wildman–Crippen MR) is 72.2 cm³/mol. The van der Waals surface area contributed by atoms with Gasteiger partial charge in [-0.2, -0.15) is 0 Å². The summed E-state index contributed by atoms with van der Waals surface area (Å²) < 4.78 is 0. The van der Waals surface area contributed by atoms with Crippen molar-refractivity contribution < 1.29 is 0 Å². The number of nitrogens with one attached hydrogen (secondary N) is 1. The lowest BCUT2D eigenvalue weighted by atomic mass is 9.79. The first-order valence-corrected chi connectivity index (χ1v) is 6.96. The molecule has 1 aromatic rings.